The number of aliphatic hydroxyl groups is 1. The molecule has 18 heavy (non-hydrogen) atoms. The summed E-state index contributed by atoms with van der Waals surface area (Å²) < 4.78 is 55.8. The van der Waals surface area contributed by atoms with Gasteiger partial charge in [-0.15, -0.1) is 0 Å². The lowest BCUT2D eigenvalue weighted by atomic mass is 9.97. The SMILES string of the molecule is CN=C1N[C@@H]2[C@H](F)[C@H](O)[C@@H](CC(F)(F)F)O[C@@H]2S1. The van der Waals surface area contributed by atoms with Gasteiger partial charge < -0.3 is 15.2 Å². The first-order valence-corrected chi connectivity index (χ1v) is 6.14. The van der Waals surface area contributed by atoms with E-state index in [1.165, 1.54) is 7.05 Å². The fourth-order valence-corrected chi connectivity index (χ4v) is 3.05. The number of hydrogen-bond donors (Lipinski definition) is 2. The van der Waals surface area contributed by atoms with Crippen molar-refractivity contribution in [2.75, 3.05) is 7.05 Å². The van der Waals surface area contributed by atoms with Crippen molar-refractivity contribution in [3.8, 4) is 0 Å². The monoisotopic (exact) mass is 288 g/mol. The predicted octanol–water partition coefficient (Wildman–Crippen LogP) is 1.05. The van der Waals surface area contributed by atoms with Gasteiger partial charge in [0.05, 0.1) is 18.6 Å². The first-order valence-electron chi connectivity index (χ1n) is 5.26. The lowest BCUT2D eigenvalue weighted by molar-refractivity contribution is -0.202. The molecule has 0 aromatic carbocycles. The molecule has 2 N–H and O–H groups in total. The molecule has 0 aromatic heterocycles. The summed E-state index contributed by atoms with van der Waals surface area (Å²) in [7, 11) is 1.48. The Morgan fingerprint density at radius 1 is 1.50 bits per heavy atom. The van der Waals surface area contributed by atoms with E-state index < -0.39 is 42.5 Å². The Morgan fingerprint density at radius 3 is 2.72 bits per heavy atom. The number of ether oxygens (including phenoxy) is 1. The van der Waals surface area contributed by atoms with Crippen LogP contribution in [0.3, 0.4) is 0 Å². The normalized spacial score (nSPS) is 42.8. The van der Waals surface area contributed by atoms with Gasteiger partial charge in [0.2, 0.25) is 0 Å². The second-order valence-electron chi connectivity index (χ2n) is 4.11. The number of aliphatic hydroxyl groups excluding tert-OH is 1. The fraction of sp³-hybridized carbons (Fsp3) is 0.889. The van der Waals surface area contributed by atoms with E-state index in [4.69, 9.17) is 4.74 Å². The smallest absolute Gasteiger partial charge is 0.387 e. The van der Waals surface area contributed by atoms with Crippen LogP contribution in [0.4, 0.5) is 17.6 Å². The summed E-state index contributed by atoms with van der Waals surface area (Å²) in [6.07, 6.45) is -11.1. The number of fused-ring (bicyclic) bond motifs is 1. The molecule has 0 saturated carbocycles. The van der Waals surface area contributed by atoms with Crippen LogP contribution in [0, 0.1) is 0 Å². The zero-order valence-electron chi connectivity index (χ0n) is 9.32. The quantitative estimate of drug-likeness (QED) is 0.708. The maximum atomic E-state index is 13.8. The highest BCUT2D eigenvalue weighted by atomic mass is 32.2. The highest BCUT2D eigenvalue weighted by Crippen LogP contribution is 2.38. The minimum absolute atomic E-state index is 0.396. The second kappa shape index (κ2) is 4.86. The van der Waals surface area contributed by atoms with Crippen molar-refractivity contribution in [3.05, 3.63) is 0 Å². The molecule has 0 aromatic rings. The van der Waals surface area contributed by atoms with Gasteiger partial charge in [-0.05, 0) is 0 Å². The molecule has 2 saturated heterocycles. The van der Waals surface area contributed by atoms with Crippen molar-refractivity contribution in [2.24, 2.45) is 4.99 Å². The number of alkyl halides is 4. The van der Waals surface area contributed by atoms with Gasteiger partial charge in [-0.2, -0.15) is 13.2 Å². The summed E-state index contributed by atoms with van der Waals surface area (Å²) in [5, 5.41) is 12.6. The molecule has 0 amide bonds. The van der Waals surface area contributed by atoms with E-state index in [1.54, 1.807) is 0 Å². The largest absolute Gasteiger partial charge is 0.391 e. The minimum atomic E-state index is -4.50. The lowest BCUT2D eigenvalue weighted by Crippen LogP contribution is -2.57. The van der Waals surface area contributed by atoms with Gasteiger partial charge in [0, 0.05) is 7.05 Å². The van der Waals surface area contributed by atoms with Gasteiger partial charge >= 0.3 is 6.18 Å². The van der Waals surface area contributed by atoms with Crippen LogP contribution in [0.5, 0.6) is 0 Å². The summed E-state index contributed by atoms with van der Waals surface area (Å²) in [5.74, 6) is 0. The molecule has 0 spiro atoms. The van der Waals surface area contributed by atoms with Crippen molar-refractivity contribution in [1.82, 2.24) is 5.32 Å². The molecule has 104 valence electrons. The zero-order valence-corrected chi connectivity index (χ0v) is 10.1. The second-order valence-corrected chi connectivity index (χ2v) is 5.20. The molecule has 2 aliphatic heterocycles. The Bertz CT molecular complexity index is 352. The standard InChI is InChI=1S/C9H12F4N2O2S/c1-14-8-15-5-4(10)6(16)3(2-9(11,12)13)17-7(5)18-8/h3-7,16H,2H2,1H3,(H,14,15)/t3-,4+,5-,6-,7-/m1/s1. The summed E-state index contributed by atoms with van der Waals surface area (Å²) >= 11 is 1.03. The van der Waals surface area contributed by atoms with Crippen molar-refractivity contribution in [2.45, 2.75) is 42.5 Å². The van der Waals surface area contributed by atoms with E-state index in [-0.39, 0.29) is 0 Å². The molecule has 2 aliphatic rings. The van der Waals surface area contributed by atoms with E-state index in [0.717, 1.165) is 11.8 Å². The van der Waals surface area contributed by atoms with Gasteiger partial charge in [0.25, 0.3) is 0 Å². The van der Waals surface area contributed by atoms with Crippen LogP contribution in [0.1, 0.15) is 6.42 Å². The molecule has 5 atom stereocenters. The average molecular weight is 288 g/mol. The van der Waals surface area contributed by atoms with E-state index in [9.17, 15) is 22.7 Å². The van der Waals surface area contributed by atoms with Crippen LogP contribution >= 0.6 is 11.8 Å². The van der Waals surface area contributed by atoms with Crippen LogP contribution in [0.15, 0.2) is 4.99 Å². The molecule has 0 unspecified atom stereocenters. The van der Waals surface area contributed by atoms with Crippen LogP contribution < -0.4 is 5.32 Å². The fourth-order valence-electron chi connectivity index (χ4n) is 1.95. The molecule has 0 aliphatic carbocycles. The molecule has 2 fully saturated rings. The third kappa shape index (κ3) is 2.72. The highest BCUT2D eigenvalue weighted by Gasteiger charge is 2.52. The first-order chi connectivity index (χ1) is 8.31. The highest BCUT2D eigenvalue weighted by molar-refractivity contribution is 8.14. The molecule has 2 rings (SSSR count). The Morgan fingerprint density at radius 2 is 2.17 bits per heavy atom. The molecular formula is C9H12F4N2O2S. The number of thioether (sulfide) groups is 1. The van der Waals surface area contributed by atoms with E-state index >= 15 is 0 Å². The molecule has 0 radical (unpaired) electrons. The molecular weight excluding hydrogens is 276 g/mol. The summed E-state index contributed by atoms with van der Waals surface area (Å²) in [5.41, 5.74) is -0.797. The maximum absolute atomic E-state index is 13.8. The topological polar surface area (TPSA) is 53.9 Å². The first kappa shape index (κ1) is 13.9. The molecule has 0 bridgehead atoms. The molecule has 9 heteroatoms. The van der Waals surface area contributed by atoms with Crippen LogP contribution in [-0.4, -0.2) is 53.4 Å². The number of nitrogens with zero attached hydrogens (tertiary/aromatic N) is 1. The Hall–Kier alpha value is -0.540. The summed E-state index contributed by atoms with van der Waals surface area (Å²) in [6, 6.07) is -0.867. The van der Waals surface area contributed by atoms with Crippen molar-refractivity contribution in [3.63, 3.8) is 0 Å². The maximum Gasteiger partial charge on any atom is 0.391 e. The number of halogens is 4. The Kier molecular flexibility index (Phi) is 3.75. The van der Waals surface area contributed by atoms with Crippen LogP contribution in [0.25, 0.3) is 0 Å². The average Bonchev–Trinajstić information content (AvgIpc) is 2.67. The number of amidine groups is 1. The number of hydrogen-bond acceptors (Lipinski definition) is 4. The Balaban J connectivity index is 2.10. The van der Waals surface area contributed by atoms with E-state index in [2.05, 4.69) is 10.3 Å². The third-order valence-corrected chi connectivity index (χ3v) is 3.97. The molecule has 4 nitrogen and oxygen atoms in total. The lowest BCUT2D eigenvalue weighted by Gasteiger charge is -2.37. The van der Waals surface area contributed by atoms with Crippen molar-refractivity contribution < 1.29 is 27.4 Å². The van der Waals surface area contributed by atoms with Gasteiger partial charge in [0.15, 0.2) is 11.3 Å². The summed E-state index contributed by atoms with van der Waals surface area (Å²) in [4.78, 5) is 3.79. The van der Waals surface area contributed by atoms with Crippen molar-refractivity contribution in [1.29, 1.82) is 0 Å². The summed E-state index contributed by atoms with van der Waals surface area (Å²) in [6.45, 7) is 0. The van der Waals surface area contributed by atoms with Crippen molar-refractivity contribution >= 4 is 16.9 Å². The van der Waals surface area contributed by atoms with Gasteiger partial charge in [-0.1, -0.05) is 11.8 Å². The molecule has 2 heterocycles. The Labute approximate surface area is 105 Å². The predicted molar refractivity (Wildman–Crippen MR) is 58.1 cm³/mol. The zero-order chi connectivity index (χ0) is 13.5. The third-order valence-electron chi connectivity index (χ3n) is 2.81. The van der Waals surface area contributed by atoms with Crippen LogP contribution in [0.2, 0.25) is 0 Å². The number of aliphatic imine (C=N–C) groups is 1. The minimum Gasteiger partial charge on any atom is -0.387 e. The van der Waals surface area contributed by atoms with Crippen LogP contribution in [-0.2, 0) is 4.74 Å². The van der Waals surface area contributed by atoms with Gasteiger partial charge in [-0.3, -0.25) is 4.99 Å². The number of rotatable bonds is 1. The number of nitrogens with one attached hydrogen (secondary N) is 1. The van der Waals surface area contributed by atoms with E-state index in [1.807, 2.05) is 0 Å². The van der Waals surface area contributed by atoms with E-state index in [0.29, 0.717) is 5.17 Å². The van der Waals surface area contributed by atoms with Gasteiger partial charge in [-0.25, -0.2) is 4.39 Å². The van der Waals surface area contributed by atoms with Gasteiger partial charge in [0.1, 0.15) is 11.5 Å².